The van der Waals surface area contributed by atoms with Crippen molar-refractivity contribution in [1.29, 1.82) is 0 Å². The Morgan fingerprint density at radius 1 is 1.38 bits per heavy atom. The highest BCUT2D eigenvalue weighted by Gasteiger charge is 2.14. The largest absolute Gasteiger partial charge is 0.266 e. The van der Waals surface area contributed by atoms with Crippen LogP contribution in [0.15, 0.2) is 17.3 Å². The summed E-state index contributed by atoms with van der Waals surface area (Å²) in [6, 6.07) is 1.29. The molecule has 1 aromatic heterocycles. The highest BCUT2D eigenvalue weighted by molar-refractivity contribution is 7.89. The molecule has 0 unspecified atom stereocenters. The molecule has 0 aliphatic carbocycles. The molecule has 1 rings (SSSR count). The summed E-state index contributed by atoms with van der Waals surface area (Å²) in [5.41, 5.74) is 0. The van der Waals surface area contributed by atoms with Crippen molar-refractivity contribution in [1.82, 2.24) is 14.9 Å². The third-order valence-corrected chi connectivity index (χ3v) is 3.91. The zero-order valence-electron chi connectivity index (χ0n) is 8.25. The molecule has 0 aliphatic heterocycles. The van der Waals surface area contributed by atoms with Crippen LogP contribution >= 0.6 is 0 Å². The molecule has 0 aromatic carbocycles. The number of nitrogens with two attached hydrogens (primary N) is 1. The standard InChI is InChI=1S/C6H12N4O4S2/c7-15(11,12)5-1-3-9-16(13,14)6-2-4-8-10-6/h2,4,9H,1,3,5H2,(H,8,10)(H2,7,11,12). The summed E-state index contributed by atoms with van der Waals surface area (Å²) in [6.07, 6.45) is 1.42. The summed E-state index contributed by atoms with van der Waals surface area (Å²) in [5.74, 6) is -0.265. The van der Waals surface area contributed by atoms with Crippen LogP contribution in [0.1, 0.15) is 6.42 Å². The third kappa shape index (κ3) is 4.26. The molecule has 0 aliphatic rings. The first-order chi connectivity index (χ1) is 7.31. The van der Waals surface area contributed by atoms with Crippen LogP contribution in [-0.4, -0.2) is 39.3 Å². The summed E-state index contributed by atoms with van der Waals surface area (Å²) in [6.45, 7) is -0.00220. The van der Waals surface area contributed by atoms with Gasteiger partial charge in [0.15, 0.2) is 5.03 Å². The van der Waals surface area contributed by atoms with Gasteiger partial charge in [0.05, 0.1) is 11.9 Å². The van der Waals surface area contributed by atoms with Crippen molar-refractivity contribution < 1.29 is 16.8 Å². The first-order valence-corrected chi connectivity index (χ1v) is 7.51. The number of H-pyrrole nitrogens is 1. The van der Waals surface area contributed by atoms with Crippen molar-refractivity contribution >= 4 is 20.0 Å². The van der Waals surface area contributed by atoms with Crippen molar-refractivity contribution in [2.45, 2.75) is 11.4 Å². The maximum Gasteiger partial charge on any atom is 0.257 e. The van der Waals surface area contributed by atoms with E-state index in [4.69, 9.17) is 5.14 Å². The molecule has 4 N–H and O–H groups in total. The lowest BCUT2D eigenvalue weighted by Crippen LogP contribution is -2.27. The van der Waals surface area contributed by atoms with Crippen molar-refractivity contribution in [2.24, 2.45) is 5.14 Å². The van der Waals surface area contributed by atoms with E-state index in [0.29, 0.717) is 0 Å². The van der Waals surface area contributed by atoms with E-state index in [-0.39, 0.29) is 23.7 Å². The van der Waals surface area contributed by atoms with E-state index in [1.807, 2.05) is 0 Å². The fraction of sp³-hybridized carbons (Fsp3) is 0.500. The summed E-state index contributed by atoms with van der Waals surface area (Å²) < 4.78 is 46.3. The monoisotopic (exact) mass is 268 g/mol. The van der Waals surface area contributed by atoms with E-state index in [0.717, 1.165) is 0 Å². The summed E-state index contributed by atoms with van der Waals surface area (Å²) >= 11 is 0. The van der Waals surface area contributed by atoms with Crippen molar-refractivity contribution in [3.05, 3.63) is 12.3 Å². The summed E-state index contributed by atoms with van der Waals surface area (Å²) in [5, 5.41) is 10.5. The maximum absolute atomic E-state index is 11.5. The molecule has 0 saturated carbocycles. The molecule has 0 amide bonds. The van der Waals surface area contributed by atoms with E-state index in [1.54, 1.807) is 0 Å². The second-order valence-electron chi connectivity index (χ2n) is 3.04. The quantitative estimate of drug-likeness (QED) is 0.532. The number of nitrogens with zero attached hydrogens (tertiary/aromatic N) is 1. The Balaban J connectivity index is 2.45. The fourth-order valence-corrected chi connectivity index (χ4v) is 2.48. The highest BCUT2D eigenvalue weighted by Crippen LogP contribution is 2.01. The zero-order chi connectivity index (χ0) is 12.2. The van der Waals surface area contributed by atoms with Gasteiger partial charge in [-0.15, -0.1) is 0 Å². The van der Waals surface area contributed by atoms with E-state index >= 15 is 0 Å². The molecule has 0 radical (unpaired) electrons. The molecular weight excluding hydrogens is 256 g/mol. The van der Waals surface area contributed by atoms with Gasteiger partial charge in [-0.3, -0.25) is 5.10 Å². The van der Waals surface area contributed by atoms with Gasteiger partial charge >= 0.3 is 0 Å². The van der Waals surface area contributed by atoms with Crippen LogP contribution in [0.4, 0.5) is 0 Å². The molecule has 0 fully saturated rings. The van der Waals surface area contributed by atoms with Crippen LogP contribution in [-0.2, 0) is 20.0 Å². The van der Waals surface area contributed by atoms with Crippen LogP contribution in [0.25, 0.3) is 0 Å². The van der Waals surface area contributed by atoms with E-state index < -0.39 is 20.0 Å². The Kier molecular flexibility index (Phi) is 4.02. The lowest BCUT2D eigenvalue weighted by molar-refractivity contribution is 0.573. The lowest BCUT2D eigenvalue weighted by Gasteiger charge is -2.03. The Morgan fingerprint density at radius 2 is 2.06 bits per heavy atom. The molecule has 8 nitrogen and oxygen atoms in total. The van der Waals surface area contributed by atoms with Gasteiger partial charge < -0.3 is 0 Å². The minimum atomic E-state index is -3.64. The van der Waals surface area contributed by atoms with Crippen molar-refractivity contribution in [3.63, 3.8) is 0 Å². The van der Waals surface area contributed by atoms with Gasteiger partial charge in [-0.05, 0) is 12.5 Å². The van der Waals surface area contributed by atoms with E-state index in [2.05, 4.69) is 14.9 Å². The number of primary sulfonamides is 1. The van der Waals surface area contributed by atoms with E-state index in [9.17, 15) is 16.8 Å². The highest BCUT2D eigenvalue weighted by atomic mass is 32.2. The third-order valence-electron chi connectivity index (χ3n) is 1.66. The average molecular weight is 268 g/mol. The molecule has 10 heteroatoms. The lowest BCUT2D eigenvalue weighted by atomic mass is 10.5. The van der Waals surface area contributed by atoms with E-state index in [1.165, 1.54) is 12.3 Å². The number of aromatic amines is 1. The molecule has 16 heavy (non-hydrogen) atoms. The Hall–Kier alpha value is -0.970. The minimum Gasteiger partial charge on any atom is -0.266 e. The predicted molar refractivity (Wildman–Crippen MR) is 56.4 cm³/mol. The van der Waals surface area contributed by atoms with Crippen molar-refractivity contribution in [3.8, 4) is 0 Å². The number of nitrogens with one attached hydrogen (secondary N) is 2. The first-order valence-electron chi connectivity index (χ1n) is 4.31. The fourth-order valence-electron chi connectivity index (χ4n) is 0.950. The van der Waals surface area contributed by atoms with Crippen LogP contribution in [0, 0.1) is 0 Å². The number of sulfonamides is 2. The SMILES string of the molecule is NS(=O)(=O)CCCNS(=O)(=O)c1ccn[nH]1. The maximum atomic E-state index is 11.5. The van der Waals surface area contributed by atoms with Crippen LogP contribution < -0.4 is 9.86 Å². The van der Waals surface area contributed by atoms with Gasteiger partial charge in [-0.25, -0.2) is 26.7 Å². The molecule has 0 atom stereocenters. The van der Waals surface area contributed by atoms with Gasteiger partial charge in [0.25, 0.3) is 10.0 Å². The van der Waals surface area contributed by atoms with Crippen molar-refractivity contribution in [2.75, 3.05) is 12.3 Å². The first kappa shape index (κ1) is 13.1. The molecule has 1 aromatic rings. The topological polar surface area (TPSA) is 135 Å². The van der Waals surface area contributed by atoms with Gasteiger partial charge in [0, 0.05) is 6.54 Å². The second-order valence-corrected chi connectivity index (χ2v) is 6.51. The van der Waals surface area contributed by atoms with Gasteiger partial charge in [-0.1, -0.05) is 0 Å². The number of aromatic nitrogens is 2. The predicted octanol–water partition coefficient (Wildman–Crippen LogP) is -1.63. The Labute approximate surface area is 93.3 Å². The molecule has 0 spiro atoms. The molecule has 1 heterocycles. The van der Waals surface area contributed by atoms with Gasteiger partial charge in [-0.2, -0.15) is 5.10 Å². The average Bonchev–Trinajstić information content (AvgIpc) is 2.64. The molecule has 0 bridgehead atoms. The summed E-state index contributed by atoms with van der Waals surface area (Å²) in [7, 11) is -7.19. The van der Waals surface area contributed by atoms with Crippen LogP contribution in [0.5, 0.6) is 0 Å². The number of hydrogen-bond donors (Lipinski definition) is 3. The smallest absolute Gasteiger partial charge is 0.257 e. The number of hydrogen-bond acceptors (Lipinski definition) is 5. The van der Waals surface area contributed by atoms with Gasteiger partial charge in [0.2, 0.25) is 10.0 Å². The summed E-state index contributed by atoms with van der Waals surface area (Å²) in [4.78, 5) is 0. The Morgan fingerprint density at radius 3 is 2.56 bits per heavy atom. The van der Waals surface area contributed by atoms with Crippen LogP contribution in [0.2, 0.25) is 0 Å². The van der Waals surface area contributed by atoms with Gasteiger partial charge in [0.1, 0.15) is 0 Å². The molecular formula is C6H12N4O4S2. The molecule has 92 valence electrons. The second kappa shape index (κ2) is 4.91. The number of rotatable bonds is 6. The zero-order valence-corrected chi connectivity index (χ0v) is 9.88. The Bertz CT molecular complexity index is 519. The normalized spacial score (nSPS) is 12.8. The minimum absolute atomic E-state index is 0.00220. The molecule has 0 saturated heterocycles. The van der Waals surface area contributed by atoms with Crippen LogP contribution in [0.3, 0.4) is 0 Å².